The highest BCUT2D eigenvalue weighted by molar-refractivity contribution is 9.10. The van der Waals surface area contributed by atoms with Crippen LogP contribution in [-0.4, -0.2) is 16.7 Å². The van der Waals surface area contributed by atoms with Gasteiger partial charge in [-0.3, -0.25) is 9.59 Å². The van der Waals surface area contributed by atoms with Gasteiger partial charge in [0.25, 0.3) is 0 Å². The Labute approximate surface area is 111 Å². The number of ketones is 2. The number of hydrogen-bond donors (Lipinski definition) is 1. The van der Waals surface area contributed by atoms with Crippen LogP contribution in [0.4, 0.5) is 0 Å². The van der Waals surface area contributed by atoms with Crippen LogP contribution in [0.5, 0.6) is 5.75 Å². The molecule has 3 rings (SSSR count). The summed E-state index contributed by atoms with van der Waals surface area (Å²) in [4.78, 5) is 24.6. The Balaban J connectivity index is 2.41. The zero-order valence-corrected chi connectivity index (χ0v) is 10.7. The summed E-state index contributed by atoms with van der Waals surface area (Å²) in [6.45, 7) is 0. The molecular formula is C14H7BrO3. The van der Waals surface area contributed by atoms with Gasteiger partial charge in [-0.2, -0.15) is 0 Å². The SMILES string of the molecule is O=C1c2ccccc2C(=O)c2c(Br)ccc(O)c21. The Kier molecular flexibility index (Phi) is 2.35. The molecule has 0 spiro atoms. The number of rotatable bonds is 0. The van der Waals surface area contributed by atoms with Crippen molar-refractivity contribution in [1.82, 2.24) is 0 Å². The van der Waals surface area contributed by atoms with E-state index in [9.17, 15) is 14.7 Å². The predicted octanol–water partition coefficient (Wildman–Crippen LogP) is 2.93. The van der Waals surface area contributed by atoms with Gasteiger partial charge in [0.05, 0.1) is 11.1 Å². The standard InChI is InChI=1S/C14H7BrO3/c15-9-5-6-10(16)12-11(9)13(17)7-3-1-2-4-8(7)14(12)18/h1-6,16H. The maximum absolute atomic E-state index is 12.3. The third-order valence-corrected chi connectivity index (χ3v) is 3.66. The van der Waals surface area contributed by atoms with Crippen molar-refractivity contribution in [2.75, 3.05) is 0 Å². The molecule has 1 aliphatic rings. The predicted molar refractivity (Wildman–Crippen MR) is 69.1 cm³/mol. The molecule has 1 aliphatic carbocycles. The second-order valence-electron chi connectivity index (χ2n) is 4.02. The highest BCUT2D eigenvalue weighted by Crippen LogP contribution is 2.36. The van der Waals surface area contributed by atoms with Crippen LogP contribution in [0, 0.1) is 0 Å². The van der Waals surface area contributed by atoms with Crippen LogP contribution in [0.25, 0.3) is 0 Å². The minimum atomic E-state index is -0.320. The molecule has 0 aromatic heterocycles. The quantitative estimate of drug-likeness (QED) is 0.694. The van der Waals surface area contributed by atoms with E-state index in [1.54, 1.807) is 30.3 Å². The lowest BCUT2D eigenvalue weighted by Crippen LogP contribution is -2.21. The number of phenols is 1. The van der Waals surface area contributed by atoms with E-state index in [1.807, 2.05) is 0 Å². The summed E-state index contributed by atoms with van der Waals surface area (Å²) in [7, 11) is 0. The second kappa shape index (κ2) is 3.78. The van der Waals surface area contributed by atoms with Gasteiger partial charge in [-0.05, 0) is 12.1 Å². The molecule has 18 heavy (non-hydrogen) atoms. The molecule has 0 radical (unpaired) electrons. The Morgan fingerprint density at radius 2 is 1.39 bits per heavy atom. The Morgan fingerprint density at radius 1 is 0.833 bits per heavy atom. The van der Waals surface area contributed by atoms with E-state index in [0.717, 1.165) is 0 Å². The topological polar surface area (TPSA) is 54.4 Å². The average molecular weight is 303 g/mol. The van der Waals surface area contributed by atoms with Gasteiger partial charge in [-0.15, -0.1) is 0 Å². The van der Waals surface area contributed by atoms with Crippen molar-refractivity contribution in [2.24, 2.45) is 0 Å². The number of carbonyl (C=O) groups excluding carboxylic acids is 2. The molecule has 0 saturated heterocycles. The molecule has 0 saturated carbocycles. The van der Waals surface area contributed by atoms with E-state index in [-0.39, 0.29) is 28.4 Å². The summed E-state index contributed by atoms with van der Waals surface area (Å²) in [5, 5.41) is 9.80. The summed E-state index contributed by atoms with van der Waals surface area (Å²) in [6.07, 6.45) is 0. The Bertz CT molecular complexity index is 644. The molecule has 1 N–H and O–H groups in total. The van der Waals surface area contributed by atoms with Crippen molar-refractivity contribution in [3.63, 3.8) is 0 Å². The zero-order chi connectivity index (χ0) is 12.9. The first-order valence-corrected chi connectivity index (χ1v) is 6.10. The number of halogens is 1. The zero-order valence-electron chi connectivity index (χ0n) is 9.11. The van der Waals surface area contributed by atoms with Gasteiger partial charge in [-0.1, -0.05) is 40.2 Å². The van der Waals surface area contributed by atoms with Gasteiger partial charge in [0.2, 0.25) is 0 Å². The summed E-state index contributed by atoms with van der Waals surface area (Å²) >= 11 is 3.25. The maximum Gasteiger partial charge on any atom is 0.198 e. The third kappa shape index (κ3) is 1.36. The van der Waals surface area contributed by atoms with Crippen molar-refractivity contribution in [3.05, 3.63) is 63.1 Å². The normalized spacial score (nSPS) is 13.2. The van der Waals surface area contributed by atoms with E-state index in [0.29, 0.717) is 15.6 Å². The summed E-state index contributed by atoms with van der Waals surface area (Å²) < 4.78 is 0.517. The number of phenolic OH excluding ortho intramolecular Hbond substituents is 1. The van der Waals surface area contributed by atoms with E-state index in [1.165, 1.54) is 6.07 Å². The highest BCUT2D eigenvalue weighted by atomic mass is 79.9. The summed E-state index contributed by atoms with van der Waals surface area (Å²) in [5.41, 5.74) is 1.02. The van der Waals surface area contributed by atoms with Gasteiger partial charge in [0, 0.05) is 15.6 Å². The number of benzene rings is 2. The van der Waals surface area contributed by atoms with Crippen LogP contribution >= 0.6 is 15.9 Å². The van der Waals surface area contributed by atoms with E-state index >= 15 is 0 Å². The van der Waals surface area contributed by atoms with Gasteiger partial charge >= 0.3 is 0 Å². The molecule has 0 amide bonds. The van der Waals surface area contributed by atoms with Crippen LogP contribution in [-0.2, 0) is 0 Å². The molecule has 4 heteroatoms. The van der Waals surface area contributed by atoms with Crippen molar-refractivity contribution < 1.29 is 14.7 Å². The van der Waals surface area contributed by atoms with Gasteiger partial charge in [0.1, 0.15) is 5.75 Å². The van der Waals surface area contributed by atoms with E-state index in [4.69, 9.17) is 0 Å². The third-order valence-electron chi connectivity index (χ3n) is 3.00. The molecule has 0 unspecified atom stereocenters. The number of aromatic hydroxyl groups is 1. The molecule has 3 nitrogen and oxygen atoms in total. The van der Waals surface area contributed by atoms with Crippen molar-refractivity contribution in [3.8, 4) is 5.75 Å². The lowest BCUT2D eigenvalue weighted by molar-refractivity contribution is 0.0976. The summed E-state index contributed by atoms with van der Waals surface area (Å²) in [6, 6.07) is 9.60. The minimum absolute atomic E-state index is 0.0769. The second-order valence-corrected chi connectivity index (χ2v) is 4.87. The lowest BCUT2D eigenvalue weighted by Gasteiger charge is -2.19. The lowest BCUT2D eigenvalue weighted by atomic mass is 9.84. The molecule has 2 aromatic carbocycles. The first-order chi connectivity index (χ1) is 8.61. The van der Waals surface area contributed by atoms with Crippen LogP contribution in [0.2, 0.25) is 0 Å². The molecular weight excluding hydrogens is 296 g/mol. The molecule has 0 heterocycles. The summed E-state index contributed by atoms with van der Waals surface area (Å²) in [5.74, 6) is -0.733. The molecule has 0 fully saturated rings. The first-order valence-electron chi connectivity index (χ1n) is 5.31. The van der Waals surface area contributed by atoms with Crippen LogP contribution < -0.4 is 0 Å². The number of hydrogen-bond acceptors (Lipinski definition) is 3. The molecule has 0 atom stereocenters. The molecule has 0 aliphatic heterocycles. The Hall–Kier alpha value is -1.94. The first kappa shape index (κ1) is 11.2. The highest BCUT2D eigenvalue weighted by Gasteiger charge is 2.33. The van der Waals surface area contributed by atoms with Gasteiger partial charge in [0.15, 0.2) is 11.6 Å². The van der Waals surface area contributed by atoms with Crippen LogP contribution in [0.3, 0.4) is 0 Å². The van der Waals surface area contributed by atoms with Crippen molar-refractivity contribution >= 4 is 27.5 Å². The largest absolute Gasteiger partial charge is 0.507 e. The van der Waals surface area contributed by atoms with E-state index < -0.39 is 0 Å². The van der Waals surface area contributed by atoms with Gasteiger partial charge in [-0.25, -0.2) is 0 Å². The monoisotopic (exact) mass is 302 g/mol. The van der Waals surface area contributed by atoms with Crippen LogP contribution in [0.1, 0.15) is 31.8 Å². The fraction of sp³-hybridized carbons (Fsp3) is 0. The van der Waals surface area contributed by atoms with Gasteiger partial charge < -0.3 is 5.11 Å². The van der Waals surface area contributed by atoms with Crippen molar-refractivity contribution in [1.29, 1.82) is 0 Å². The van der Waals surface area contributed by atoms with Crippen molar-refractivity contribution in [2.45, 2.75) is 0 Å². The Morgan fingerprint density at radius 3 is 2.00 bits per heavy atom. The average Bonchev–Trinajstić information content (AvgIpc) is 2.38. The maximum atomic E-state index is 12.3. The molecule has 2 aromatic rings. The fourth-order valence-corrected chi connectivity index (χ4v) is 2.68. The minimum Gasteiger partial charge on any atom is -0.507 e. The van der Waals surface area contributed by atoms with Crippen LogP contribution in [0.15, 0.2) is 40.9 Å². The molecule has 88 valence electrons. The fourth-order valence-electron chi connectivity index (χ4n) is 2.17. The molecule has 0 bridgehead atoms. The number of carbonyl (C=O) groups is 2. The smallest absolute Gasteiger partial charge is 0.198 e. The number of fused-ring (bicyclic) bond motifs is 2. The van der Waals surface area contributed by atoms with E-state index in [2.05, 4.69) is 15.9 Å².